The fraction of sp³-hybridized carbons (Fsp3) is 0. The Bertz CT molecular complexity index is 23.0. The fourth-order valence-corrected chi connectivity index (χ4v) is 0. The van der Waals surface area contributed by atoms with Crippen molar-refractivity contribution in [2.75, 3.05) is 0 Å². The van der Waals surface area contributed by atoms with Gasteiger partial charge in [-0.1, -0.05) is 0 Å². The van der Waals surface area contributed by atoms with E-state index in [0.29, 0.717) is 0 Å². The van der Waals surface area contributed by atoms with Gasteiger partial charge < -0.3 is 22.7 Å². The van der Waals surface area contributed by atoms with E-state index in [0.717, 1.165) is 0 Å². The van der Waals surface area contributed by atoms with E-state index in [-0.39, 0.29) is 5.48 Å². The molecular formula is H2BF4O-. The highest BCUT2D eigenvalue weighted by atomic mass is 19.5. The van der Waals surface area contributed by atoms with Gasteiger partial charge in [-0.25, -0.2) is 0 Å². The summed E-state index contributed by atoms with van der Waals surface area (Å²) in [6, 6.07) is 0. The van der Waals surface area contributed by atoms with Crippen LogP contribution in [0.25, 0.3) is 0 Å². The third kappa shape index (κ3) is 434. The lowest BCUT2D eigenvalue weighted by Gasteiger charge is -1.94. The second-order valence-electron chi connectivity index (χ2n) is 0.495. The average molecular weight is 105 g/mol. The summed E-state index contributed by atoms with van der Waals surface area (Å²) in [4.78, 5) is 0. The molecule has 1 nitrogen and oxygen atoms in total. The maximum absolute atomic E-state index is 9.75. The molecule has 40 valence electrons. The van der Waals surface area contributed by atoms with Crippen LogP contribution in [0.2, 0.25) is 0 Å². The van der Waals surface area contributed by atoms with Gasteiger partial charge in [0.15, 0.2) is 0 Å². The Hall–Kier alpha value is -0.255. The first kappa shape index (κ1) is 9.22. The molecule has 0 saturated heterocycles. The number of halogens is 4. The third-order valence-electron chi connectivity index (χ3n) is 0. The molecule has 2 N–H and O–H groups in total. The van der Waals surface area contributed by atoms with E-state index < -0.39 is 7.25 Å². The van der Waals surface area contributed by atoms with E-state index in [1.54, 1.807) is 0 Å². The van der Waals surface area contributed by atoms with Crippen molar-refractivity contribution < 1.29 is 22.7 Å². The van der Waals surface area contributed by atoms with E-state index in [9.17, 15) is 17.3 Å². The Kier molecular flexibility index (Phi) is 3.10. The van der Waals surface area contributed by atoms with Gasteiger partial charge in [0.25, 0.3) is 0 Å². The van der Waals surface area contributed by atoms with Gasteiger partial charge in [0.2, 0.25) is 0 Å². The lowest BCUT2D eigenvalue weighted by atomic mass is 10.3. The molecule has 0 radical (unpaired) electrons. The summed E-state index contributed by atoms with van der Waals surface area (Å²) in [6.07, 6.45) is 0. The van der Waals surface area contributed by atoms with Gasteiger partial charge in [0.1, 0.15) is 0 Å². The van der Waals surface area contributed by atoms with E-state index >= 15 is 0 Å². The molecule has 0 unspecified atom stereocenters. The van der Waals surface area contributed by atoms with Crippen LogP contribution < -0.4 is 0 Å². The van der Waals surface area contributed by atoms with Crippen molar-refractivity contribution in [1.29, 1.82) is 0 Å². The zero-order valence-corrected chi connectivity index (χ0v) is 2.59. The first-order chi connectivity index (χ1) is 2.00. The molecule has 0 aromatic rings. The quantitative estimate of drug-likeness (QED) is 0.316. The molecule has 0 amide bonds. The van der Waals surface area contributed by atoms with Crippen molar-refractivity contribution in [3.63, 3.8) is 0 Å². The normalized spacial score (nSPS) is 10.0. The largest absolute Gasteiger partial charge is 0.673 e. The number of hydrogen-bond donors (Lipinski definition) is 0. The van der Waals surface area contributed by atoms with E-state index in [2.05, 4.69) is 0 Å². The van der Waals surface area contributed by atoms with Crippen LogP contribution in [0, 0.1) is 0 Å². The molecule has 0 aromatic carbocycles. The summed E-state index contributed by atoms with van der Waals surface area (Å²) < 4.78 is 39.0. The highest BCUT2D eigenvalue weighted by Gasteiger charge is 2.20. The molecule has 0 aliphatic rings. The smallest absolute Gasteiger partial charge is 0.418 e. The monoisotopic (exact) mass is 105 g/mol. The van der Waals surface area contributed by atoms with Crippen LogP contribution in [0.5, 0.6) is 0 Å². The van der Waals surface area contributed by atoms with Gasteiger partial charge in [-0.05, 0) is 0 Å². The van der Waals surface area contributed by atoms with Gasteiger partial charge in [-0.3, -0.25) is 0 Å². The van der Waals surface area contributed by atoms with Crippen molar-refractivity contribution in [3.05, 3.63) is 0 Å². The number of rotatable bonds is 0. The zero-order chi connectivity index (χ0) is 4.50. The summed E-state index contributed by atoms with van der Waals surface area (Å²) in [6.45, 7) is 0. The summed E-state index contributed by atoms with van der Waals surface area (Å²) in [7, 11) is -6.00. The lowest BCUT2D eigenvalue weighted by molar-refractivity contribution is 0.368. The topological polar surface area (TPSA) is 31.5 Å². The molecule has 0 aromatic heterocycles. The molecule has 0 fully saturated rings. The standard InChI is InChI=1S/BF4.H2O/c2-1(3,4)5;/h;1H2/q-1;. The van der Waals surface area contributed by atoms with Crippen LogP contribution in [0.3, 0.4) is 0 Å². The zero-order valence-electron chi connectivity index (χ0n) is 2.59. The predicted octanol–water partition coefficient (Wildman–Crippen LogP) is 0.475. The van der Waals surface area contributed by atoms with Crippen molar-refractivity contribution in [1.82, 2.24) is 0 Å². The Morgan fingerprint density at radius 2 is 0.833 bits per heavy atom. The first-order valence-corrected chi connectivity index (χ1v) is 0.873. The Morgan fingerprint density at radius 3 is 0.833 bits per heavy atom. The highest BCUT2D eigenvalue weighted by molar-refractivity contribution is 6.50. The lowest BCUT2D eigenvalue weighted by Crippen LogP contribution is -2.02. The molecule has 0 saturated carbocycles. The van der Waals surface area contributed by atoms with E-state index in [1.165, 1.54) is 0 Å². The summed E-state index contributed by atoms with van der Waals surface area (Å²) in [5.41, 5.74) is 0. The fourth-order valence-electron chi connectivity index (χ4n) is 0. The maximum atomic E-state index is 9.75. The number of hydrogen-bond acceptors (Lipinski definition) is 0. The van der Waals surface area contributed by atoms with Crippen LogP contribution in [0.15, 0.2) is 0 Å². The van der Waals surface area contributed by atoms with Gasteiger partial charge in [0.05, 0.1) is 0 Å². The second-order valence-corrected chi connectivity index (χ2v) is 0.495. The maximum Gasteiger partial charge on any atom is 0.673 e. The van der Waals surface area contributed by atoms with Gasteiger partial charge in [-0.2, -0.15) is 0 Å². The third-order valence-corrected chi connectivity index (χ3v) is 0. The minimum atomic E-state index is -6.00. The van der Waals surface area contributed by atoms with Gasteiger partial charge in [0, 0.05) is 0 Å². The van der Waals surface area contributed by atoms with Crippen molar-refractivity contribution in [2.45, 2.75) is 0 Å². The molecule has 0 bridgehead atoms. The second kappa shape index (κ2) is 2.02. The van der Waals surface area contributed by atoms with Crippen LogP contribution in [-0.4, -0.2) is 12.7 Å². The minimum Gasteiger partial charge on any atom is -0.418 e. The molecule has 0 atom stereocenters. The van der Waals surface area contributed by atoms with Crippen LogP contribution in [0.4, 0.5) is 17.3 Å². The molecule has 0 aliphatic carbocycles. The van der Waals surface area contributed by atoms with Crippen LogP contribution in [0.1, 0.15) is 0 Å². The molecular weight excluding hydrogens is 103 g/mol. The minimum absolute atomic E-state index is 0. The molecule has 0 spiro atoms. The van der Waals surface area contributed by atoms with E-state index in [1.807, 2.05) is 0 Å². The Labute approximate surface area is 31.4 Å². The van der Waals surface area contributed by atoms with Gasteiger partial charge in [-0.15, -0.1) is 0 Å². The Balaban J connectivity index is 0. The predicted molar refractivity (Wildman–Crippen MR) is 13.8 cm³/mol. The summed E-state index contributed by atoms with van der Waals surface area (Å²) in [5, 5.41) is 0. The van der Waals surface area contributed by atoms with Crippen molar-refractivity contribution in [3.8, 4) is 0 Å². The van der Waals surface area contributed by atoms with Crippen molar-refractivity contribution >= 4 is 7.25 Å². The summed E-state index contributed by atoms with van der Waals surface area (Å²) >= 11 is 0. The molecule has 6 heavy (non-hydrogen) atoms. The molecule has 0 aliphatic heterocycles. The van der Waals surface area contributed by atoms with Crippen LogP contribution >= 0.6 is 0 Å². The molecule has 6 heteroatoms. The van der Waals surface area contributed by atoms with Crippen LogP contribution in [-0.2, 0) is 0 Å². The highest BCUT2D eigenvalue weighted by Crippen LogP contribution is 2.06. The Morgan fingerprint density at radius 1 is 0.833 bits per heavy atom. The molecule has 0 rings (SSSR count). The van der Waals surface area contributed by atoms with E-state index in [4.69, 9.17) is 0 Å². The van der Waals surface area contributed by atoms with Gasteiger partial charge >= 0.3 is 7.25 Å². The first-order valence-electron chi connectivity index (χ1n) is 0.873. The molecule has 0 heterocycles. The average Bonchev–Trinajstić information content (AvgIpc) is 0.722. The summed E-state index contributed by atoms with van der Waals surface area (Å²) in [5.74, 6) is 0. The SMILES string of the molecule is F[B-](F)(F)F.O. The van der Waals surface area contributed by atoms with Crippen molar-refractivity contribution in [2.24, 2.45) is 0 Å².